The quantitative estimate of drug-likeness (QED) is 0.589. The molecule has 0 bridgehead atoms. The Kier molecular flexibility index (Phi) is 1.69. The first kappa shape index (κ1) is 7.60. The topological polar surface area (TPSA) is 0 Å². The van der Waals surface area contributed by atoms with Crippen molar-refractivity contribution in [3.63, 3.8) is 0 Å². The molecule has 2 aliphatic rings. The first-order chi connectivity index (χ1) is 4.62. The van der Waals surface area contributed by atoms with E-state index in [4.69, 9.17) is 0 Å². The van der Waals surface area contributed by atoms with Gasteiger partial charge >= 0.3 is 0 Å². The zero-order chi connectivity index (χ0) is 7.35. The van der Waals surface area contributed by atoms with Gasteiger partial charge in [-0.25, -0.2) is 0 Å². The Bertz CT molecular complexity index is 153. The molecule has 10 heavy (non-hydrogen) atoms. The van der Waals surface area contributed by atoms with Crippen LogP contribution in [0.3, 0.4) is 0 Å². The summed E-state index contributed by atoms with van der Waals surface area (Å²) < 4.78 is 0.352. The van der Waals surface area contributed by atoms with Crippen molar-refractivity contribution in [2.24, 2.45) is 17.8 Å². The molecule has 0 heterocycles. The van der Waals surface area contributed by atoms with Gasteiger partial charge in [-0.1, -0.05) is 45.2 Å². The van der Waals surface area contributed by atoms with Crippen molar-refractivity contribution in [1.82, 2.24) is 0 Å². The molecule has 3 atom stereocenters. The molecule has 0 aromatic carbocycles. The number of hydrogen-bond acceptors (Lipinski definition) is 0. The highest BCUT2D eigenvalue weighted by atomic mass is 79.9. The SMILES string of the molecule is C[C@@H]1CC[C@@H]2[C@@H](C1)C2(Br)Br. The molecular weight excluding hydrogens is 256 g/mol. The van der Waals surface area contributed by atoms with Crippen molar-refractivity contribution in [3.8, 4) is 0 Å². The number of fused-ring (bicyclic) bond motifs is 1. The van der Waals surface area contributed by atoms with Gasteiger partial charge in [-0.2, -0.15) is 0 Å². The van der Waals surface area contributed by atoms with Gasteiger partial charge < -0.3 is 0 Å². The standard InChI is InChI=1S/C8H12Br2/c1-5-2-3-6-7(4-5)8(6,9)10/h5-7H,2-4H2,1H3/t5-,6-,7-/m1/s1. The monoisotopic (exact) mass is 266 g/mol. The van der Waals surface area contributed by atoms with Gasteiger partial charge in [0.2, 0.25) is 0 Å². The minimum absolute atomic E-state index is 0.352. The first-order valence-electron chi connectivity index (χ1n) is 4.00. The minimum Gasteiger partial charge on any atom is -0.0721 e. The lowest BCUT2D eigenvalue weighted by Crippen LogP contribution is -2.03. The van der Waals surface area contributed by atoms with Crippen molar-refractivity contribution in [2.45, 2.75) is 29.4 Å². The highest BCUT2D eigenvalue weighted by Gasteiger charge is 2.62. The number of halogens is 2. The second-order valence-electron chi connectivity index (χ2n) is 3.81. The minimum atomic E-state index is 0.352. The van der Waals surface area contributed by atoms with E-state index in [1.165, 1.54) is 19.3 Å². The van der Waals surface area contributed by atoms with E-state index in [2.05, 4.69) is 38.8 Å². The zero-order valence-corrected chi connectivity index (χ0v) is 9.28. The lowest BCUT2D eigenvalue weighted by molar-refractivity contribution is 0.368. The van der Waals surface area contributed by atoms with E-state index in [0.29, 0.717) is 3.23 Å². The summed E-state index contributed by atoms with van der Waals surface area (Å²) in [5.41, 5.74) is 0. The number of rotatable bonds is 0. The highest BCUT2D eigenvalue weighted by molar-refractivity contribution is 9.25. The van der Waals surface area contributed by atoms with Crippen LogP contribution >= 0.6 is 31.9 Å². The first-order valence-corrected chi connectivity index (χ1v) is 5.58. The van der Waals surface area contributed by atoms with Crippen LogP contribution < -0.4 is 0 Å². The summed E-state index contributed by atoms with van der Waals surface area (Å²) >= 11 is 7.45. The summed E-state index contributed by atoms with van der Waals surface area (Å²) in [7, 11) is 0. The molecule has 0 radical (unpaired) electrons. The Balaban J connectivity index is 2.04. The van der Waals surface area contributed by atoms with Crippen molar-refractivity contribution in [1.29, 1.82) is 0 Å². The molecule has 0 amide bonds. The third-order valence-corrected chi connectivity index (χ3v) is 5.34. The van der Waals surface area contributed by atoms with Gasteiger partial charge in [0.15, 0.2) is 0 Å². The van der Waals surface area contributed by atoms with Crippen molar-refractivity contribution in [2.75, 3.05) is 0 Å². The fourth-order valence-electron chi connectivity index (χ4n) is 2.19. The van der Waals surface area contributed by atoms with E-state index >= 15 is 0 Å². The molecule has 58 valence electrons. The van der Waals surface area contributed by atoms with E-state index in [1.54, 1.807) is 0 Å². The molecule has 0 nitrogen and oxygen atoms in total. The Hall–Kier alpha value is 0.960. The Morgan fingerprint density at radius 2 is 1.90 bits per heavy atom. The number of hydrogen-bond donors (Lipinski definition) is 0. The maximum absolute atomic E-state index is 3.72. The zero-order valence-electron chi connectivity index (χ0n) is 6.11. The van der Waals surface area contributed by atoms with E-state index in [9.17, 15) is 0 Å². The Morgan fingerprint density at radius 1 is 1.20 bits per heavy atom. The normalized spacial score (nSPS) is 50.1. The van der Waals surface area contributed by atoms with Gasteiger partial charge in [-0.15, -0.1) is 0 Å². The van der Waals surface area contributed by atoms with Crippen LogP contribution in [0.5, 0.6) is 0 Å². The van der Waals surface area contributed by atoms with Crippen LogP contribution in [0, 0.1) is 17.8 Å². The van der Waals surface area contributed by atoms with Gasteiger partial charge in [0, 0.05) is 0 Å². The number of alkyl halides is 2. The maximum Gasteiger partial charge on any atom is 0.0868 e. The van der Waals surface area contributed by atoms with Crippen LogP contribution in [0.2, 0.25) is 0 Å². The fraction of sp³-hybridized carbons (Fsp3) is 1.00. The molecule has 0 unspecified atom stereocenters. The van der Waals surface area contributed by atoms with Gasteiger partial charge in [-0.3, -0.25) is 0 Å². The van der Waals surface area contributed by atoms with Crippen LogP contribution in [-0.4, -0.2) is 3.23 Å². The molecule has 0 aromatic heterocycles. The van der Waals surface area contributed by atoms with Gasteiger partial charge in [-0.05, 0) is 30.6 Å². The lowest BCUT2D eigenvalue weighted by atomic mass is 9.91. The molecule has 0 saturated heterocycles. The van der Waals surface area contributed by atoms with E-state index in [-0.39, 0.29) is 0 Å². The average molecular weight is 268 g/mol. The summed E-state index contributed by atoms with van der Waals surface area (Å²) in [5.74, 6) is 2.82. The highest BCUT2D eigenvalue weighted by Crippen LogP contribution is 2.68. The third-order valence-electron chi connectivity index (χ3n) is 2.99. The second kappa shape index (κ2) is 2.22. The molecule has 2 aliphatic carbocycles. The second-order valence-corrected chi connectivity index (χ2v) is 7.49. The van der Waals surface area contributed by atoms with Gasteiger partial charge in [0.1, 0.15) is 0 Å². The van der Waals surface area contributed by atoms with Crippen molar-refractivity contribution < 1.29 is 0 Å². The summed E-state index contributed by atoms with van der Waals surface area (Å²) in [6, 6.07) is 0. The van der Waals surface area contributed by atoms with E-state index < -0.39 is 0 Å². The molecule has 0 N–H and O–H groups in total. The van der Waals surface area contributed by atoms with Crippen LogP contribution in [0.15, 0.2) is 0 Å². The third kappa shape index (κ3) is 0.989. The van der Waals surface area contributed by atoms with Crippen LogP contribution in [-0.2, 0) is 0 Å². The lowest BCUT2D eigenvalue weighted by Gasteiger charge is -2.14. The fourth-order valence-corrected chi connectivity index (χ4v) is 4.03. The van der Waals surface area contributed by atoms with Crippen molar-refractivity contribution >= 4 is 31.9 Å². The summed E-state index contributed by atoms with van der Waals surface area (Å²) in [4.78, 5) is 0. The maximum atomic E-state index is 3.72. The predicted octanol–water partition coefficient (Wildman–Crippen LogP) is 3.54. The van der Waals surface area contributed by atoms with E-state index in [1.807, 2.05) is 0 Å². The smallest absolute Gasteiger partial charge is 0.0721 e. The van der Waals surface area contributed by atoms with Gasteiger partial charge in [0.05, 0.1) is 3.23 Å². The molecule has 2 heteroatoms. The summed E-state index contributed by atoms with van der Waals surface area (Å²) in [5, 5.41) is 0. The predicted molar refractivity (Wildman–Crippen MR) is 50.6 cm³/mol. The molecule has 2 fully saturated rings. The molecule has 0 spiro atoms. The summed E-state index contributed by atoms with van der Waals surface area (Å²) in [6.45, 7) is 2.37. The molecular formula is C8H12Br2. The Morgan fingerprint density at radius 3 is 2.40 bits per heavy atom. The molecule has 2 rings (SSSR count). The molecule has 0 aromatic rings. The molecule has 2 saturated carbocycles. The van der Waals surface area contributed by atoms with Gasteiger partial charge in [0.25, 0.3) is 0 Å². The largest absolute Gasteiger partial charge is 0.0868 e. The molecule has 0 aliphatic heterocycles. The van der Waals surface area contributed by atoms with Crippen molar-refractivity contribution in [3.05, 3.63) is 0 Å². The average Bonchev–Trinajstić information content (AvgIpc) is 2.36. The van der Waals surface area contributed by atoms with Crippen LogP contribution in [0.25, 0.3) is 0 Å². The van der Waals surface area contributed by atoms with E-state index in [0.717, 1.165) is 17.8 Å². The van der Waals surface area contributed by atoms with Crippen LogP contribution in [0.4, 0.5) is 0 Å². The Labute approximate surface area is 79.0 Å². The van der Waals surface area contributed by atoms with Crippen LogP contribution in [0.1, 0.15) is 26.2 Å². The summed E-state index contributed by atoms with van der Waals surface area (Å²) in [6.07, 6.45) is 4.27.